The van der Waals surface area contributed by atoms with Gasteiger partial charge in [0.15, 0.2) is 4.77 Å². The van der Waals surface area contributed by atoms with E-state index >= 15 is 0 Å². The molecule has 1 fully saturated rings. The van der Waals surface area contributed by atoms with Crippen molar-refractivity contribution in [2.24, 2.45) is 0 Å². The monoisotopic (exact) mass is 389 g/mol. The Morgan fingerprint density at radius 3 is 2.33 bits per heavy atom. The van der Waals surface area contributed by atoms with E-state index in [2.05, 4.69) is 20.9 Å². The zero-order valence-corrected chi connectivity index (χ0v) is 15.7. The van der Waals surface area contributed by atoms with Crippen molar-refractivity contribution in [2.75, 3.05) is 26.2 Å². The van der Waals surface area contributed by atoms with Crippen molar-refractivity contribution < 1.29 is 8.78 Å². The summed E-state index contributed by atoms with van der Waals surface area (Å²) in [6.45, 7) is 2.36. The van der Waals surface area contributed by atoms with Gasteiger partial charge in [0.2, 0.25) is 0 Å². The molecular formula is C19H21F2N5S. The van der Waals surface area contributed by atoms with Crippen molar-refractivity contribution in [3.05, 3.63) is 59.1 Å². The molecule has 5 nitrogen and oxygen atoms in total. The van der Waals surface area contributed by atoms with E-state index in [1.54, 1.807) is 18.3 Å². The molecule has 8 heteroatoms. The molecule has 1 saturated heterocycles. The van der Waals surface area contributed by atoms with Crippen LogP contribution in [0.2, 0.25) is 0 Å². The number of nitrogens with zero attached hydrogens (tertiary/aromatic N) is 5. The molecule has 1 aliphatic heterocycles. The maximum absolute atomic E-state index is 13.5. The quantitative estimate of drug-likeness (QED) is 0.622. The van der Waals surface area contributed by atoms with E-state index in [0.29, 0.717) is 12.2 Å². The van der Waals surface area contributed by atoms with E-state index in [-0.39, 0.29) is 4.77 Å². The summed E-state index contributed by atoms with van der Waals surface area (Å²) in [5.74, 6) is 0. The van der Waals surface area contributed by atoms with Gasteiger partial charge < -0.3 is 4.57 Å². The van der Waals surface area contributed by atoms with Crippen LogP contribution in [0.1, 0.15) is 12.1 Å². The topological polar surface area (TPSA) is 29.2 Å². The lowest BCUT2D eigenvalue weighted by Gasteiger charge is -2.34. The fourth-order valence-electron chi connectivity index (χ4n) is 3.60. The number of piperazine rings is 1. The minimum absolute atomic E-state index is 0.170. The van der Waals surface area contributed by atoms with Crippen LogP contribution in [0.4, 0.5) is 8.78 Å². The molecule has 3 heterocycles. The van der Waals surface area contributed by atoms with Crippen LogP contribution in [0.3, 0.4) is 0 Å². The van der Waals surface area contributed by atoms with Gasteiger partial charge >= 0.3 is 6.55 Å². The molecule has 0 aliphatic carbocycles. The minimum Gasteiger partial charge on any atom is -0.303 e. The predicted molar refractivity (Wildman–Crippen MR) is 103 cm³/mol. The molecule has 0 atom stereocenters. The number of benzene rings is 1. The van der Waals surface area contributed by atoms with Gasteiger partial charge in [-0.25, -0.2) is 0 Å². The van der Waals surface area contributed by atoms with Crippen molar-refractivity contribution in [1.29, 1.82) is 0 Å². The first-order valence-electron chi connectivity index (χ1n) is 8.95. The van der Waals surface area contributed by atoms with Gasteiger partial charge in [-0.1, -0.05) is 18.2 Å². The third-order valence-corrected chi connectivity index (χ3v) is 5.42. The molecule has 27 heavy (non-hydrogen) atoms. The predicted octanol–water partition coefficient (Wildman–Crippen LogP) is 3.74. The van der Waals surface area contributed by atoms with Crippen LogP contribution in [0.5, 0.6) is 0 Å². The Kier molecular flexibility index (Phi) is 5.29. The first-order valence-corrected chi connectivity index (χ1v) is 9.36. The summed E-state index contributed by atoms with van der Waals surface area (Å²) in [5, 5.41) is 0. The molecule has 0 amide bonds. The Morgan fingerprint density at radius 1 is 0.963 bits per heavy atom. The number of fused-ring (bicyclic) bond motifs is 1. The number of pyridine rings is 1. The maximum Gasteiger partial charge on any atom is 0.321 e. The Balaban J connectivity index is 1.47. The molecule has 0 bridgehead atoms. The third kappa shape index (κ3) is 3.78. The van der Waals surface area contributed by atoms with Crippen molar-refractivity contribution in [3.8, 4) is 0 Å². The number of imidazole rings is 1. The fourth-order valence-corrected chi connectivity index (χ4v) is 3.93. The van der Waals surface area contributed by atoms with Gasteiger partial charge in [-0.3, -0.25) is 19.4 Å². The number of alkyl halides is 2. The summed E-state index contributed by atoms with van der Waals surface area (Å²) >= 11 is 5.35. The minimum atomic E-state index is -2.64. The van der Waals surface area contributed by atoms with E-state index in [4.69, 9.17) is 12.2 Å². The molecule has 142 valence electrons. The number of hydrogen-bond acceptors (Lipinski definition) is 4. The average molecular weight is 389 g/mol. The lowest BCUT2D eigenvalue weighted by molar-refractivity contribution is 0.0699. The highest BCUT2D eigenvalue weighted by atomic mass is 32.1. The van der Waals surface area contributed by atoms with Crippen LogP contribution < -0.4 is 0 Å². The van der Waals surface area contributed by atoms with Gasteiger partial charge in [-0.15, -0.1) is 0 Å². The number of halogens is 2. The summed E-state index contributed by atoms with van der Waals surface area (Å²) in [7, 11) is 0. The van der Waals surface area contributed by atoms with Crippen molar-refractivity contribution >= 4 is 23.3 Å². The van der Waals surface area contributed by atoms with Crippen LogP contribution in [0, 0.1) is 4.77 Å². The smallest absolute Gasteiger partial charge is 0.303 e. The summed E-state index contributed by atoms with van der Waals surface area (Å²) < 4.78 is 29.8. The largest absolute Gasteiger partial charge is 0.321 e. The van der Waals surface area contributed by atoms with Gasteiger partial charge in [-0.05, 0) is 36.0 Å². The normalized spacial score (nSPS) is 16.4. The molecule has 4 rings (SSSR count). The lowest BCUT2D eigenvalue weighted by atomic mass is 10.2. The van der Waals surface area contributed by atoms with E-state index in [1.807, 2.05) is 29.0 Å². The molecule has 0 radical (unpaired) electrons. The Bertz CT molecular complexity index is 961. The molecule has 1 aromatic carbocycles. The van der Waals surface area contributed by atoms with Crippen molar-refractivity contribution in [1.82, 2.24) is 23.9 Å². The van der Waals surface area contributed by atoms with Crippen LogP contribution in [-0.4, -0.2) is 50.1 Å². The second-order valence-electron chi connectivity index (χ2n) is 6.74. The fraction of sp³-hybridized carbons (Fsp3) is 0.368. The van der Waals surface area contributed by atoms with Crippen LogP contribution in [0.15, 0.2) is 48.8 Å². The first-order chi connectivity index (χ1) is 13.1. The molecule has 0 spiro atoms. The van der Waals surface area contributed by atoms with E-state index in [1.165, 1.54) is 5.56 Å². The average Bonchev–Trinajstić information content (AvgIpc) is 2.96. The van der Waals surface area contributed by atoms with E-state index in [9.17, 15) is 8.78 Å². The third-order valence-electron chi connectivity index (χ3n) is 5.00. The molecule has 0 unspecified atom stereocenters. The van der Waals surface area contributed by atoms with E-state index < -0.39 is 6.55 Å². The highest BCUT2D eigenvalue weighted by molar-refractivity contribution is 7.71. The summed E-state index contributed by atoms with van der Waals surface area (Å²) in [6, 6.07) is 11.2. The Labute approximate surface area is 161 Å². The molecule has 1 aliphatic rings. The van der Waals surface area contributed by atoms with Gasteiger partial charge in [0.05, 0.1) is 17.7 Å². The van der Waals surface area contributed by atoms with Gasteiger partial charge in [0.25, 0.3) is 0 Å². The standard InChI is InChI=1S/C19H21F2N5S/c20-18(21)26-17-6-2-1-5-16(17)25(19(26)27)14-24-10-8-23(9-11-24)13-15-4-3-7-22-12-15/h1-7,12,18H,8-11,13-14H2. The molecule has 3 aromatic rings. The van der Waals surface area contributed by atoms with Gasteiger partial charge in [0, 0.05) is 45.1 Å². The number of hydrogen-bond donors (Lipinski definition) is 0. The summed E-state index contributed by atoms with van der Waals surface area (Å²) in [4.78, 5) is 8.81. The molecular weight excluding hydrogens is 368 g/mol. The SMILES string of the molecule is FC(F)n1c(=S)n(CN2CCN(Cc3cccnc3)CC2)c2ccccc21. The number of aromatic nitrogens is 3. The maximum atomic E-state index is 13.5. The molecule has 0 saturated carbocycles. The van der Waals surface area contributed by atoms with Crippen molar-refractivity contribution in [3.63, 3.8) is 0 Å². The zero-order valence-electron chi connectivity index (χ0n) is 14.8. The molecule has 0 N–H and O–H groups in total. The Hall–Kier alpha value is -2.16. The number of rotatable bonds is 5. The zero-order chi connectivity index (χ0) is 18.8. The highest BCUT2D eigenvalue weighted by Crippen LogP contribution is 2.24. The lowest BCUT2D eigenvalue weighted by Crippen LogP contribution is -2.46. The van der Waals surface area contributed by atoms with Gasteiger partial charge in [-0.2, -0.15) is 8.78 Å². The summed E-state index contributed by atoms with van der Waals surface area (Å²) in [5.41, 5.74) is 2.43. The first kappa shape index (κ1) is 18.2. The van der Waals surface area contributed by atoms with Crippen molar-refractivity contribution in [2.45, 2.75) is 19.8 Å². The molecule has 2 aromatic heterocycles. The number of para-hydroxylation sites is 2. The highest BCUT2D eigenvalue weighted by Gasteiger charge is 2.21. The second kappa shape index (κ2) is 7.84. The Morgan fingerprint density at radius 2 is 1.67 bits per heavy atom. The van der Waals surface area contributed by atoms with E-state index in [0.717, 1.165) is 42.8 Å². The van der Waals surface area contributed by atoms with Gasteiger partial charge in [0.1, 0.15) is 0 Å². The van der Waals surface area contributed by atoms with Crippen LogP contribution in [0.25, 0.3) is 11.0 Å². The van der Waals surface area contributed by atoms with Crippen LogP contribution in [-0.2, 0) is 13.2 Å². The summed E-state index contributed by atoms with van der Waals surface area (Å²) in [6.07, 6.45) is 3.67. The second-order valence-corrected chi connectivity index (χ2v) is 7.11. The van der Waals surface area contributed by atoms with Crippen LogP contribution >= 0.6 is 12.2 Å².